The summed E-state index contributed by atoms with van der Waals surface area (Å²) in [7, 11) is 1.54. The number of Topliss-reactive ketones (excluding diaryl/α,β-unsaturated/α-hetero) is 3. The Morgan fingerprint density at radius 1 is 0.517 bits per heavy atom. The number of ether oxygens (including phenoxy) is 3. The second-order valence-electron chi connectivity index (χ2n) is 17.9. The van der Waals surface area contributed by atoms with Gasteiger partial charge >= 0.3 is 11.9 Å². The minimum Gasteiger partial charge on any atom is -0.399 e. The molecule has 0 N–H and O–H groups in total. The Kier molecular flexibility index (Phi) is 13.6. The van der Waals surface area contributed by atoms with E-state index in [1.165, 1.54) is 13.8 Å². The molecule has 0 heterocycles. The number of ketones is 3. The summed E-state index contributed by atoms with van der Waals surface area (Å²) in [6, 6.07) is 0. The molecule has 14 nitrogen and oxygen atoms in total. The van der Waals surface area contributed by atoms with Crippen LogP contribution >= 0.6 is 0 Å². The van der Waals surface area contributed by atoms with Gasteiger partial charge in [-0.1, -0.05) is 15.5 Å². The fourth-order valence-corrected chi connectivity index (χ4v) is 13.4. The van der Waals surface area contributed by atoms with Gasteiger partial charge in [0.25, 0.3) is 0 Å². The summed E-state index contributed by atoms with van der Waals surface area (Å²) in [5.41, 5.74) is 2.16. The lowest BCUT2D eigenvalue weighted by molar-refractivity contribution is -0.142. The lowest BCUT2D eigenvalue weighted by Gasteiger charge is -2.49. The highest BCUT2D eigenvalue weighted by Crippen LogP contribution is 2.70. The van der Waals surface area contributed by atoms with Crippen molar-refractivity contribution in [1.29, 1.82) is 0 Å². The summed E-state index contributed by atoms with van der Waals surface area (Å²) in [5, 5.41) is 13.0. The summed E-state index contributed by atoms with van der Waals surface area (Å²) in [6.07, 6.45) is 6.22. The number of hydrogen-bond donors (Lipinski definition) is 0. The van der Waals surface area contributed by atoms with Crippen LogP contribution < -0.4 is 0 Å². The van der Waals surface area contributed by atoms with Crippen molar-refractivity contribution in [3.05, 3.63) is 0 Å². The molecule has 0 aromatic heterocycles. The molecule has 14 heteroatoms. The first kappa shape index (κ1) is 42.8. The molecule has 0 radical (unpaired) electrons. The van der Waals surface area contributed by atoms with Gasteiger partial charge in [-0.2, -0.15) is 0 Å². The smallest absolute Gasteiger partial charge is 0.331 e. The average molecular weight is 810 g/mol. The molecule has 15 atom stereocenters. The van der Waals surface area contributed by atoms with Crippen LogP contribution in [0.5, 0.6) is 0 Å². The number of fused-ring (bicyclic) bond motifs is 12. The Bertz CT molecular complexity index is 1620. The zero-order valence-electron chi connectivity index (χ0n) is 35.1. The van der Waals surface area contributed by atoms with Crippen molar-refractivity contribution < 1.29 is 52.7 Å². The number of rotatable bonds is 15. The van der Waals surface area contributed by atoms with Crippen molar-refractivity contribution >= 4 is 46.4 Å². The van der Waals surface area contributed by atoms with E-state index in [0.717, 1.165) is 18.6 Å². The molecule has 15 unspecified atom stereocenters. The highest BCUT2D eigenvalue weighted by molar-refractivity contribution is 5.98. The molecule has 7 aliphatic carbocycles. The van der Waals surface area contributed by atoms with Crippen molar-refractivity contribution in [2.75, 3.05) is 46.8 Å². The third-order valence-corrected chi connectivity index (χ3v) is 15.3. The molecule has 0 amide bonds. The molecule has 0 aromatic carbocycles. The molecule has 7 rings (SSSR count). The summed E-state index contributed by atoms with van der Waals surface area (Å²) < 4.78 is 17.4. The molecule has 7 fully saturated rings. The van der Waals surface area contributed by atoms with Crippen molar-refractivity contribution in [1.82, 2.24) is 0 Å². The Balaban J connectivity index is 1.28. The lowest BCUT2D eigenvalue weighted by Crippen LogP contribution is -2.50. The van der Waals surface area contributed by atoms with Crippen LogP contribution in [0.25, 0.3) is 0 Å². The van der Waals surface area contributed by atoms with Gasteiger partial charge in [0.15, 0.2) is 0 Å². The zero-order chi connectivity index (χ0) is 41.2. The van der Waals surface area contributed by atoms with Gasteiger partial charge in [-0.15, -0.1) is 0 Å². The highest BCUT2D eigenvalue weighted by Gasteiger charge is 2.73. The molecule has 320 valence electrons. The van der Waals surface area contributed by atoms with Gasteiger partial charge in [0.2, 0.25) is 0 Å². The standard InChI is InChI=1S/C44H63N3O11/c1-7-54-19-33(45-53-6)24-10-13-27-30(16-24)36-39(42(27)50)37-32-18-26(35(21-56-9-3)47-58-23(5)49)12-15-29(32)44(52)41(37)38-31-17-25(11-14-28(31)43(51)40(36)38)34(20-55-8-2)46-57-22(4)48/h24-32,36-41H,7-21H2,1-6H3/b45-33-,46-34+,47-35-. The fraction of sp³-hybridized carbons (Fsp3) is 0.818. The minimum atomic E-state index is -0.508. The Morgan fingerprint density at radius 3 is 1.10 bits per heavy atom. The first-order valence-corrected chi connectivity index (χ1v) is 22.0. The van der Waals surface area contributed by atoms with Gasteiger partial charge < -0.3 is 28.7 Å². The molecule has 7 saturated carbocycles. The van der Waals surface area contributed by atoms with E-state index in [0.29, 0.717) is 82.8 Å². The van der Waals surface area contributed by atoms with E-state index in [-0.39, 0.29) is 113 Å². The van der Waals surface area contributed by atoms with Crippen LogP contribution in [0.4, 0.5) is 0 Å². The van der Waals surface area contributed by atoms with E-state index in [2.05, 4.69) is 15.5 Å². The normalized spacial score (nSPS) is 39.6. The van der Waals surface area contributed by atoms with Crippen LogP contribution in [0.15, 0.2) is 15.5 Å². The van der Waals surface area contributed by atoms with Crippen LogP contribution in [0.3, 0.4) is 0 Å². The van der Waals surface area contributed by atoms with E-state index in [1.54, 1.807) is 7.11 Å². The quantitative estimate of drug-likeness (QED) is 0.116. The molecule has 58 heavy (non-hydrogen) atoms. The first-order valence-electron chi connectivity index (χ1n) is 22.0. The van der Waals surface area contributed by atoms with Crippen LogP contribution in [-0.2, 0) is 52.7 Å². The maximum absolute atomic E-state index is 15.1. The van der Waals surface area contributed by atoms with Crippen LogP contribution in [0.1, 0.15) is 92.4 Å². The molecule has 0 saturated heterocycles. The second-order valence-corrected chi connectivity index (χ2v) is 17.9. The number of oxime groups is 3. The molecule has 0 spiro atoms. The summed E-state index contributed by atoms with van der Waals surface area (Å²) in [5.74, 6) is -2.85. The van der Waals surface area contributed by atoms with Crippen molar-refractivity contribution in [2.24, 2.45) is 104 Å². The molecular formula is C44H63N3O11. The van der Waals surface area contributed by atoms with E-state index in [9.17, 15) is 9.59 Å². The third kappa shape index (κ3) is 7.98. The van der Waals surface area contributed by atoms with Crippen molar-refractivity contribution in [2.45, 2.75) is 92.4 Å². The van der Waals surface area contributed by atoms with Gasteiger partial charge in [-0.3, -0.25) is 14.4 Å². The summed E-state index contributed by atoms with van der Waals surface area (Å²) in [4.78, 5) is 84.7. The SMILES string of the molecule is CCOC/C(=N\OC(C)=O)C1CCC2C(=O)C3C(C2C1)C1C(=O)C2CCC(/C(COCC)=N\OC(C)=O)CC2C1C1C(=O)C2CCC(/C(COCC)=N\OC)CC2C31. The van der Waals surface area contributed by atoms with Gasteiger partial charge in [-0.25, -0.2) is 9.59 Å². The van der Waals surface area contributed by atoms with Crippen LogP contribution in [-0.4, -0.2) is 93.2 Å². The lowest BCUT2D eigenvalue weighted by atomic mass is 9.53. The minimum absolute atomic E-state index is 0.0140. The van der Waals surface area contributed by atoms with Crippen LogP contribution in [0, 0.1) is 88.8 Å². The number of carbonyl (C=O) groups excluding carboxylic acids is 5. The number of hydrogen-bond acceptors (Lipinski definition) is 14. The van der Waals surface area contributed by atoms with E-state index in [4.69, 9.17) is 28.7 Å². The molecule has 7 aliphatic rings. The van der Waals surface area contributed by atoms with Crippen molar-refractivity contribution in [3.63, 3.8) is 0 Å². The summed E-state index contributed by atoms with van der Waals surface area (Å²) in [6.45, 7) is 10.7. The van der Waals surface area contributed by atoms with Gasteiger partial charge in [-0.05, 0) is 114 Å². The Labute approximate surface area is 341 Å². The average Bonchev–Trinajstić information content (AvgIpc) is 3.79. The van der Waals surface area contributed by atoms with Crippen molar-refractivity contribution in [3.8, 4) is 0 Å². The molecule has 0 aromatic rings. The number of nitrogens with zero attached hydrogens (tertiary/aromatic N) is 3. The third-order valence-electron chi connectivity index (χ3n) is 15.3. The summed E-state index contributed by atoms with van der Waals surface area (Å²) >= 11 is 0. The van der Waals surface area contributed by atoms with E-state index >= 15 is 14.4 Å². The maximum Gasteiger partial charge on any atom is 0.331 e. The molecule has 0 aliphatic heterocycles. The van der Waals surface area contributed by atoms with E-state index in [1.807, 2.05) is 20.8 Å². The zero-order valence-corrected chi connectivity index (χ0v) is 35.1. The molecule has 0 bridgehead atoms. The van der Waals surface area contributed by atoms with Gasteiger partial charge in [0, 0.05) is 86.9 Å². The predicted octanol–water partition coefficient (Wildman–Crippen LogP) is 5.49. The fourth-order valence-electron chi connectivity index (χ4n) is 13.4. The maximum atomic E-state index is 15.1. The second kappa shape index (κ2) is 18.5. The topological polar surface area (TPSA) is 178 Å². The van der Waals surface area contributed by atoms with Gasteiger partial charge in [0.1, 0.15) is 24.5 Å². The Morgan fingerprint density at radius 2 is 0.828 bits per heavy atom. The van der Waals surface area contributed by atoms with Crippen LogP contribution in [0.2, 0.25) is 0 Å². The predicted molar refractivity (Wildman–Crippen MR) is 211 cm³/mol. The molecular weight excluding hydrogens is 746 g/mol. The largest absolute Gasteiger partial charge is 0.399 e. The van der Waals surface area contributed by atoms with Gasteiger partial charge in [0.05, 0.1) is 37.0 Å². The number of carbonyl (C=O) groups is 5. The van der Waals surface area contributed by atoms with E-state index < -0.39 is 17.9 Å². The monoisotopic (exact) mass is 809 g/mol. The first-order chi connectivity index (χ1) is 28.0. The highest BCUT2D eigenvalue weighted by atomic mass is 16.7. The Hall–Kier alpha value is -3.36.